The van der Waals surface area contributed by atoms with Crippen LogP contribution in [0, 0.1) is 0 Å². The Labute approximate surface area is 60.0 Å². The summed E-state index contributed by atoms with van der Waals surface area (Å²) in [6.45, 7) is 10.1. The number of rotatable bonds is 3. The molecule has 0 aromatic rings. The molecule has 0 nitrogen and oxygen atoms in total. The van der Waals surface area contributed by atoms with Crippen LogP contribution in [0.4, 0.5) is 0 Å². The minimum absolute atomic E-state index is 1.15. The molecule has 0 aromatic heterocycles. The van der Waals surface area contributed by atoms with Gasteiger partial charge in [-0.15, -0.1) is 6.58 Å². The van der Waals surface area contributed by atoms with E-state index in [1.165, 1.54) is 19.3 Å². The fraction of sp³-hybridized carbons (Fsp3) is 0.778. The summed E-state index contributed by atoms with van der Waals surface area (Å²) in [6.07, 6.45) is 6.95. The second-order valence-corrected chi connectivity index (χ2v) is 2.08. The zero-order chi connectivity index (χ0) is 7.54. The van der Waals surface area contributed by atoms with E-state index in [9.17, 15) is 0 Å². The van der Waals surface area contributed by atoms with Crippen LogP contribution in [0.15, 0.2) is 12.7 Å². The molecular weight excluding hydrogens is 108 g/mol. The maximum absolute atomic E-state index is 3.55. The van der Waals surface area contributed by atoms with E-state index in [-0.39, 0.29) is 0 Å². The molecule has 0 aliphatic rings. The van der Waals surface area contributed by atoms with Crippen molar-refractivity contribution in [1.29, 1.82) is 0 Å². The van der Waals surface area contributed by atoms with E-state index in [1.807, 2.05) is 6.08 Å². The summed E-state index contributed by atoms with van der Waals surface area (Å²) >= 11 is 0. The van der Waals surface area contributed by atoms with Gasteiger partial charge in [-0.1, -0.05) is 46.1 Å². The van der Waals surface area contributed by atoms with E-state index >= 15 is 0 Å². The van der Waals surface area contributed by atoms with Gasteiger partial charge in [0.05, 0.1) is 0 Å². The van der Waals surface area contributed by atoms with Crippen molar-refractivity contribution in [2.24, 2.45) is 0 Å². The van der Waals surface area contributed by atoms with E-state index in [0.717, 1.165) is 6.42 Å². The zero-order valence-electron chi connectivity index (χ0n) is 7.11. The van der Waals surface area contributed by atoms with Crippen LogP contribution in [-0.4, -0.2) is 0 Å². The molecule has 0 rings (SSSR count). The van der Waals surface area contributed by atoms with Gasteiger partial charge in [0.25, 0.3) is 0 Å². The summed E-state index contributed by atoms with van der Waals surface area (Å²) in [7, 11) is 0. The molecule has 0 aromatic carbocycles. The lowest BCUT2D eigenvalue weighted by Crippen LogP contribution is -1.52. The Bertz CT molecular complexity index is 35.3. The van der Waals surface area contributed by atoms with Crippen molar-refractivity contribution >= 4 is 0 Å². The summed E-state index contributed by atoms with van der Waals surface area (Å²) in [6, 6.07) is 0. The fourth-order valence-electron chi connectivity index (χ4n) is 0.204. The summed E-state index contributed by atoms with van der Waals surface area (Å²) in [4.78, 5) is 0. The highest BCUT2D eigenvalue weighted by molar-refractivity contribution is 4.63. The second kappa shape index (κ2) is 15.6. The molecule has 0 bridgehead atoms. The van der Waals surface area contributed by atoms with E-state index < -0.39 is 0 Å². The van der Waals surface area contributed by atoms with Crippen molar-refractivity contribution in [3.05, 3.63) is 12.7 Å². The van der Waals surface area contributed by atoms with Crippen LogP contribution < -0.4 is 0 Å². The number of allylic oxidation sites excluding steroid dienone is 1. The molecule has 0 fully saturated rings. The van der Waals surface area contributed by atoms with Gasteiger partial charge in [0.1, 0.15) is 0 Å². The van der Waals surface area contributed by atoms with Crippen LogP contribution in [0.2, 0.25) is 0 Å². The van der Waals surface area contributed by atoms with Crippen LogP contribution in [0.5, 0.6) is 0 Å². The first-order valence-corrected chi connectivity index (χ1v) is 3.94. The first-order valence-electron chi connectivity index (χ1n) is 3.94. The van der Waals surface area contributed by atoms with Crippen molar-refractivity contribution in [3.8, 4) is 0 Å². The van der Waals surface area contributed by atoms with Gasteiger partial charge < -0.3 is 0 Å². The SMILES string of the molecule is C=CCCC.CCCC. The van der Waals surface area contributed by atoms with Crippen LogP contribution in [0.1, 0.15) is 46.5 Å². The maximum Gasteiger partial charge on any atom is -0.0356 e. The molecule has 0 unspecified atom stereocenters. The Morgan fingerprint density at radius 3 is 1.44 bits per heavy atom. The average molecular weight is 128 g/mol. The third-order valence-electron chi connectivity index (χ3n) is 0.993. The summed E-state index contributed by atoms with van der Waals surface area (Å²) in [5, 5.41) is 0. The molecule has 0 heteroatoms. The fourth-order valence-corrected chi connectivity index (χ4v) is 0.204. The predicted molar refractivity (Wildman–Crippen MR) is 45.7 cm³/mol. The van der Waals surface area contributed by atoms with Crippen LogP contribution in [-0.2, 0) is 0 Å². The Balaban J connectivity index is 0. The third-order valence-corrected chi connectivity index (χ3v) is 0.993. The average Bonchev–Trinajstić information content (AvgIpc) is 1.91. The Morgan fingerprint density at radius 2 is 1.44 bits per heavy atom. The van der Waals surface area contributed by atoms with Gasteiger partial charge in [-0.3, -0.25) is 0 Å². The van der Waals surface area contributed by atoms with Crippen LogP contribution in [0.3, 0.4) is 0 Å². The minimum atomic E-state index is 1.15. The van der Waals surface area contributed by atoms with Crippen molar-refractivity contribution < 1.29 is 0 Å². The zero-order valence-corrected chi connectivity index (χ0v) is 7.11. The van der Waals surface area contributed by atoms with E-state index in [4.69, 9.17) is 0 Å². The lowest BCUT2D eigenvalue weighted by molar-refractivity contribution is 0.886. The second-order valence-electron chi connectivity index (χ2n) is 2.08. The molecule has 0 N–H and O–H groups in total. The molecule has 0 radical (unpaired) electrons. The van der Waals surface area contributed by atoms with E-state index in [0.29, 0.717) is 0 Å². The molecule has 0 atom stereocenters. The van der Waals surface area contributed by atoms with Gasteiger partial charge in [0, 0.05) is 0 Å². The number of unbranched alkanes of at least 4 members (excludes halogenated alkanes) is 2. The maximum atomic E-state index is 3.55. The van der Waals surface area contributed by atoms with Gasteiger partial charge in [-0.05, 0) is 6.42 Å². The van der Waals surface area contributed by atoms with Gasteiger partial charge in [-0.2, -0.15) is 0 Å². The van der Waals surface area contributed by atoms with Crippen LogP contribution >= 0.6 is 0 Å². The topological polar surface area (TPSA) is 0 Å². The quantitative estimate of drug-likeness (QED) is 0.507. The highest BCUT2D eigenvalue weighted by Crippen LogP contribution is 1.82. The highest BCUT2D eigenvalue weighted by Gasteiger charge is 1.61. The molecule has 0 saturated heterocycles. The normalized spacial score (nSPS) is 7.44. The van der Waals surface area contributed by atoms with Crippen molar-refractivity contribution in [2.75, 3.05) is 0 Å². The Kier molecular flexibility index (Phi) is 20.0. The molecule has 0 saturated carbocycles. The third kappa shape index (κ3) is 34.0. The molecule has 0 aliphatic heterocycles. The molecule has 0 spiro atoms. The monoisotopic (exact) mass is 128 g/mol. The van der Waals surface area contributed by atoms with Gasteiger partial charge in [0.15, 0.2) is 0 Å². The Morgan fingerprint density at radius 1 is 1.00 bits per heavy atom. The smallest absolute Gasteiger partial charge is 0.0356 e. The molecule has 0 heterocycles. The highest BCUT2D eigenvalue weighted by atomic mass is 13.7. The van der Waals surface area contributed by atoms with Gasteiger partial charge in [0.2, 0.25) is 0 Å². The number of hydrogen-bond donors (Lipinski definition) is 0. The lowest BCUT2D eigenvalue weighted by atomic mass is 10.3. The first kappa shape index (κ1) is 11.5. The summed E-state index contributed by atoms with van der Waals surface area (Å²) < 4.78 is 0. The van der Waals surface area contributed by atoms with Crippen molar-refractivity contribution in [1.82, 2.24) is 0 Å². The van der Waals surface area contributed by atoms with E-state index in [1.54, 1.807) is 0 Å². The standard InChI is InChI=1S/C5H10.C4H10/c1-3-5-4-2;1-3-4-2/h3H,1,4-5H2,2H3;3-4H2,1-2H3. The molecule has 0 amide bonds. The van der Waals surface area contributed by atoms with Crippen molar-refractivity contribution in [3.63, 3.8) is 0 Å². The molecule has 0 aliphatic carbocycles. The summed E-state index contributed by atoms with van der Waals surface area (Å²) in [5.74, 6) is 0. The van der Waals surface area contributed by atoms with Crippen molar-refractivity contribution in [2.45, 2.75) is 46.5 Å². The van der Waals surface area contributed by atoms with Gasteiger partial charge >= 0.3 is 0 Å². The summed E-state index contributed by atoms with van der Waals surface area (Å²) in [5.41, 5.74) is 0. The van der Waals surface area contributed by atoms with Gasteiger partial charge in [-0.25, -0.2) is 0 Å². The lowest BCUT2D eigenvalue weighted by Gasteiger charge is -1.72. The predicted octanol–water partition coefficient (Wildman–Crippen LogP) is 3.78. The number of hydrogen-bond acceptors (Lipinski definition) is 0. The van der Waals surface area contributed by atoms with E-state index in [2.05, 4.69) is 27.4 Å². The Hall–Kier alpha value is -0.260. The largest absolute Gasteiger partial charge is 0.103 e. The van der Waals surface area contributed by atoms with Crippen LogP contribution in [0.25, 0.3) is 0 Å². The minimum Gasteiger partial charge on any atom is -0.103 e. The molecule has 9 heavy (non-hydrogen) atoms. The molecular formula is C9H20. The molecule has 56 valence electrons. The first-order chi connectivity index (χ1) is 4.33.